The summed E-state index contributed by atoms with van der Waals surface area (Å²) in [5.41, 5.74) is 0.824. The minimum atomic E-state index is -2.27. The Hall–Kier alpha value is -2.62. The molecule has 0 aromatic heterocycles. The number of rotatable bonds is 3. The van der Waals surface area contributed by atoms with Crippen molar-refractivity contribution < 1.29 is 26.3 Å². The van der Waals surface area contributed by atoms with Gasteiger partial charge in [0.2, 0.25) is 5.82 Å². The molecule has 0 atom stereocenters. The van der Waals surface area contributed by atoms with E-state index in [2.05, 4.69) is 15.8 Å². The Morgan fingerprint density at radius 1 is 0.875 bits per heavy atom. The highest BCUT2D eigenvalue weighted by Gasteiger charge is 2.24. The Morgan fingerprint density at radius 3 is 2.00 bits per heavy atom. The first kappa shape index (κ1) is 17.7. The molecule has 2 rings (SSSR count). The maximum atomic E-state index is 13.4. The third-order valence-electron chi connectivity index (χ3n) is 2.73. The summed E-state index contributed by atoms with van der Waals surface area (Å²) >= 11 is 4.75. The molecular formula is C14H7F6N3S. The molecule has 3 nitrogen and oxygen atoms in total. The highest BCUT2D eigenvalue weighted by atomic mass is 32.1. The minimum absolute atomic E-state index is 0.00133. The quantitative estimate of drug-likeness (QED) is 0.217. The summed E-state index contributed by atoms with van der Waals surface area (Å²) in [5.74, 6) is -11.2. The minimum Gasteiger partial charge on any atom is -0.329 e. The molecule has 0 saturated heterocycles. The summed E-state index contributed by atoms with van der Waals surface area (Å²) in [6.07, 6.45) is 0.367. The largest absolute Gasteiger partial charge is 0.329 e. The maximum absolute atomic E-state index is 13.4. The van der Waals surface area contributed by atoms with Crippen molar-refractivity contribution in [2.24, 2.45) is 5.10 Å². The van der Waals surface area contributed by atoms with Gasteiger partial charge < -0.3 is 5.32 Å². The zero-order valence-electron chi connectivity index (χ0n) is 11.5. The Kier molecular flexibility index (Phi) is 5.39. The Balaban J connectivity index is 2.13. The van der Waals surface area contributed by atoms with Gasteiger partial charge in [-0.05, 0) is 24.4 Å². The van der Waals surface area contributed by atoms with Crippen LogP contribution < -0.4 is 10.7 Å². The van der Waals surface area contributed by atoms with Gasteiger partial charge in [-0.25, -0.2) is 26.3 Å². The molecule has 0 fully saturated rings. The average Bonchev–Trinajstić information content (AvgIpc) is 2.56. The van der Waals surface area contributed by atoms with E-state index in [1.54, 1.807) is 0 Å². The van der Waals surface area contributed by atoms with E-state index in [1.165, 1.54) is 18.2 Å². The fourth-order valence-electron chi connectivity index (χ4n) is 1.60. The number of hydrazone groups is 1. The van der Waals surface area contributed by atoms with Crippen LogP contribution in [0.4, 0.5) is 32.0 Å². The standard InChI is InChI=1S/C14H7F6N3S/c15-7-3-1-2-4-8(7)22-14(24)23-21-5-6-9(16)11(18)13(20)12(19)10(6)17/h1-5H,(H2,22,23,24)/b21-5-. The number of halogens is 6. The van der Waals surface area contributed by atoms with E-state index >= 15 is 0 Å². The van der Waals surface area contributed by atoms with Crippen LogP contribution in [0.15, 0.2) is 29.4 Å². The number of thiocarbonyl (C=S) groups is 1. The second-order valence-corrected chi connectivity index (χ2v) is 4.70. The fourth-order valence-corrected chi connectivity index (χ4v) is 1.77. The number of para-hydroxylation sites is 1. The van der Waals surface area contributed by atoms with E-state index in [0.29, 0.717) is 6.21 Å². The first-order valence-corrected chi connectivity index (χ1v) is 6.59. The van der Waals surface area contributed by atoms with Gasteiger partial charge in [0.15, 0.2) is 28.4 Å². The molecule has 2 aromatic rings. The third-order valence-corrected chi connectivity index (χ3v) is 2.92. The lowest BCUT2D eigenvalue weighted by atomic mass is 10.2. The molecule has 0 bridgehead atoms. The molecule has 0 aliphatic carbocycles. The number of nitrogens with zero attached hydrogens (tertiary/aromatic N) is 1. The van der Waals surface area contributed by atoms with Crippen molar-refractivity contribution in [1.29, 1.82) is 0 Å². The van der Waals surface area contributed by atoms with Gasteiger partial charge in [0.05, 0.1) is 17.5 Å². The van der Waals surface area contributed by atoms with Crippen LogP contribution in [0.25, 0.3) is 0 Å². The monoisotopic (exact) mass is 363 g/mol. The van der Waals surface area contributed by atoms with E-state index in [4.69, 9.17) is 12.2 Å². The van der Waals surface area contributed by atoms with Crippen molar-refractivity contribution in [1.82, 2.24) is 5.43 Å². The summed E-state index contributed by atoms with van der Waals surface area (Å²) in [6.45, 7) is 0. The lowest BCUT2D eigenvalue weighted by Gasteiger charge is -2.08. The summed E-state index contributed by atoms with van der Waals surface area (Å²) in [7, 11) is 0. The van der Waals surface area contributed by atoms with Crippen LogP contribution >= 0.6 is 12.2 Å². The average molecular weight is 363 g/mol. The molecule has 126 valence electrons. The van der Waals surface area contributed by atoms with Crippen LogP contribution in [0.3, 0.4) is 0 Å². The fraction of sp³-hybridized carbons (Fsp3) is 0. The van der Waals surface area contributed by atoms with Crippen molar-refractivity contribution in [3.63, 3.8) is 0 Å². The zero-order chi connectivity index (χ0) is 17.9. The molecule has 0 aliphatic rings. The number of hydrogen-bond acceptors (Lipinski definition) is 2. The SMILES string of the molecule is Fc1ccccc1NC(=S)N/N=C\c1c(F)c(F)c(F)c(F)c1F. The number of nitrogens with one attached hydrogen (secondary N) is 2. The van der Waals surface area contributed by atoms with Crippen molar-refractivity contribution in [2.45, 2.75) is 0 Å². The van der Waals surface area contributed by atoms with Gasteiger partial charge in [0.1, 0.15) is 5.82 Å². The summed E-state index contributed by atoms with van der Waals surface area (Å²) in [4.78, 5) is 0. The molecule has 24 heavy (non-hydrogen) atoms. The molecule has 10 heteroatoms. The normalized spacial score (nSPS) is 10.9. The van der Waals surface area contributed by atoms with Gasteiger partial charge in [0, 0.05) is 0 Å². The van der Waals surface area contributed by atoms with Crippen LogP contribution in [0.5, 0.6) is 0 Å². The first-order chi connectivity index (χ1) is 11.3. The molecule has 0 saturated carbocycles. The van der Waals surface area contributed by atoms with Gasteiger partial charge in [-0.3, -0.25) is 5.43 Å². The molecule has 0 amide bonds. The maximum Gasteiger partial charge on any atom is 0.200 e. The molecule has 0 aliphatic heterocycles. The van der Waals surface area contributed by atoms with Crippen molar-refractivity contribution >= 4 is 29.2 Å². The Bertz CT molecular complexity index is 795. The number of benzene rings is 2. The number of hydrogen-bond donors (Lipinski definition) is 2. The molecule has 0 heterocycles. The van der Waals surface area contributed by atoms with E-state index in [9.17, 15) is 26.3 Å². The molecule has 0 spiro atoms. The van der Waals surface area contributed by atoms with Gasteiger partial charge in [0.25, 0.3) is 0 Å². The molecule has 0 radical (unpaired) electrons. The zero-order valence-corrected chi connectivity index (χ0v) is 12.3. The molecule has 2 N–H and O–H groups in total. The second kappa shape index (κ2) is 7.30. The second-order valence-electron chi connectivity index (χ2n) is 4.29. The lowest BCUT2D eigenvalue weighted by Crippen LogP contribution is -2.24. The van der Waals surface area contributed by atoms with E-state index in [-0.39, 0.29) is 10.8 Å². The van der Waals surface area contributed by atoms with Crippen LogP contribution in [0, 0.1) is 34.9 Å². The van der Waals surface area contributed by atoms with E-state index < -0.39 is 40.5 Å². The molecular weight excluding hydrogens is 356 g/mol. The molecule has 0 unspecified atom stereocenters. The van der Waals surface area contributed by atoms with Gasteiger partial charge >= 0.3 is 0 Å². The smallest absolute Gasteiger partial charge is 0.200 e. The molecule has 2 aromatic carbocycles. The highest BCUT2D eigenvalue weighted by molar-refractivity contribution is 7.80. The number of anilines is 1. The van der Waals surface area contributed by atoms with Gasteiger partial charge in [-0.15, -0.1) is 0 Å². The van der Waals surface area contributed by atoms with Crippen LogP contribution in [0.1, 0.15) is 5.56 Å². The summed E-state index contributed by atoms with van der Waals surface area (Å²) in [6, 6.07) is 5.48. The topological polar surface area (TPSA) is 36.4 Å². The van der Waals surface area contributed by atoms with Crippen molar-refractivity contribution in [3.8, 4) is 0 Å². The predicted octanol–water partition coefficient (Wildman–Crippen LogP) is 3.84. The van der Waals surface area contributed by atoms with Crippen LogP contribution in [0.2, 0.25) is 0 Å². The summed E-state index contributed by atoms with van der Waals surface area (Å²) in [5, 5.41) is 5.39. The van der Waals surface area contributed by atoms with E-state index in [0.717, 1.165) is 6.07 Å². The van der Waals surface area contributed by atoms with Gasteiger partial charge in [-0.2, -0.15) is 5.10 Å². The first-order valence-electron chi connectivity index (χ1n) is 6.19. The van der Waals surface area contributed by atoms with Crippen molar-refractivity contribution in [2.75, 3.05) is 5.32 Å². The third kappa shape index (κ3) is 3.65. The Labute approximate surface area is 137 Å². The van der Waals surface area contributed by atoms with Crippen LogP contribution in [-0.4, -0.2) is 11.3 Å². The lowest BCUT2D eigenvalue weighted by molar-refractivity contribution is 0.377. The Morgan fingerprint density at radius 2 is 1.42 bits per heavy atom. The van der Waals surface area contributed by atoms with Crippen LogP contribution in [-0.2, 0) is 0 Å². The highest BCUT2D eigenvalue weighted by Crippen LogP contribution is 2.21. The van der Waals surface area contributed by atoms with E-state index in [1.807, 2.05) is 0 Å². The van der Waals surface area contributed by atoms with Crippen molar-refractivity contribution in [3.05, 3.63) is 64.7 Å². The van der Waals surface area contributed by atoms with Gasteiger partial charge in [-0.1, -0.05) is 12.1 Å². The summed E-state index contributed by atoms with van der Waals surface area (Å²) < 4.78 is 79.0. The predicted molar refractivity (Wildman–Crippen MR) is 79.6 cm³/mol.